The van der Waals surface area contributed by atoms with Crippen LogP contribution in [0.4, 0.5) is 0 Å². The number of aromatic amines is 1. The van der Waals surface area contributed by atoms with Crippen LogP contribution in [0.3, 0.4) is 0 Å². The van der Waals surface area contributed by atoms with Gasteiger partial charge in [0.05, 0.1) is 0 Å². The predicted octanol–water partition coefficient (Wildman–Crippen LogP) is 1.69. The van der Waals surface area contributed by atoms with Gasteiger partial charge in [0.25, 0.3) is 0 Å². The summed E-state index contributed by atoms with van der Waals surface area (Å²) in [7, 11) is 0. The van der Waals surface area contributed by atoms with Gasteiger partial charge >= 0.3 is 0 Å². The van der Waals surface area contributed by atoms with E-state index in [9.17, 15) is 0 Å². The van der Waals surface area contributed by atoms with E-state index in [-0.39, 0.29) is 32.7 Å². The molecule has 2 nitrogen and oxygen atoms in total. The number of rotatable bonds is 0. The van der Waals surface area contributed by atoms with Gasteiger partial charge in [-0.15, -0.1) is 12.4 Å². The fourth-order valence-electron chi connectivity index (χ4n) is 0.528. The number of imidazole rings is 1. The molecule has 59 valence electrons. The molecule has 12 heavy (non-hydrogen) atoms. The maximum atomic E-state index is 3.54. The summed E-state index contributed by atoms with van der Waals surface area (Å²) in [4.78, 5) is 6.17. The number of benzene rings is 1. The van der Waals surface area contributed by atoms with Crippen LogP contribution in [0.25, 0.3) is 0 Å². The second-order valence-electron chi connectivity index (χ2n) is 1.78. The van der Waals surface area contributed by atoms with Crippen molar-refractivity contribution in [1.29, 1.82) is 0 Å². The summed E-state index contributed by atoms with van der Waals surface area (Å²) < 4.78 is 0. The van der Waals surface area contributed by atoms with E-state index < -0.39 is 0 Å². The van der Waals surface area contributed by atoms with Gasteiger partial charge in [-0.05, 0) is 6.33 Å². The van der Waals surface area contributed by atoms with Crippen molar-refractivity contribution in [3.05, 3.63) is 55.1 Å². The molecule has 1 heterocycles. The Labute approximate surface area is 97.3 Å². The molecule has 0 aliphatic carbocycles. The minimum atomic E-state index is 0. The third-order valence-corrected chi connectivity index (χ3v) is 0.969. The quantitative estimate of drug-likeness (QED) is 0.689. The first-order valence-corrected chi connectivity index (χ1v) is 3.26. The van der Waals surface area contributed by atoms with E-state index in [0.717, 1.165) is 0 Å². The first kappa shape index (κ1) is 11.5. The molecule has 0 atom stereocenters. The summed E-state index contributed by atoms with van der Waals surface area (Å²) in [5.74, 6) is 0. The second kappa shape index (κ2) is 8.63. The third kappa shape index (κ3) is 6.26. The minimum absolute atomic E-state index is 0. The molecule has 2 rings (SSSR count). The van der Waals surface area contributed by atoms with Gasteiger partial charge in [-0.1, -0.05) is 0 Å². The third-order valence-electron chi connectivity index (χ3n) is 0.969. The van der Waals surface area contributed by atoms with Gasteiger partial charge in [-0.2, -0.15) is 36.4 Å². The Morgan fingerprint density at radius 1 is 1.08 bits per heavy atom. The van der Waals surface area contributed by atoms with Crippen LogP contribution in [0.2, 0.25) is 0 Å². The minimum Gasteiger partial charge on any atom is -0.467 e. The Hall–Kier alpha value is -0.466. The molecule has 1 aromatic carbocycles. The van der Waals surface area contributed by atoms with E-state index in [0.29, 0.717) is 0 Å². The van der Waals surface area contributed by atoms with Crippen LogP contribution in [0.5, 0.6) is 0 Å². The van der Waals surface area contributed by atoms with Crippen LogP contribution >= 0.6 is 0 Å². The Bertz CT molecular complexity index is 198. The van der Waals surface area contributed by atoms with Gasteiger partial charge in [0, 0.05) is 32.7 Å². The van der Waals surface area contributed by atoms with Crippen LogP contribution in [-0.2, 0) is 32.7 Å². The fourth-order valence-corrected chi connectivity index (χ4v) is 0.528. The maximum absolute atomic E-state index is 3.54. The molecule has 0 amide bonds. The van der Waals surface area contributed by atoms with Gasteiger partial charge in [-0.3, -0.25) is 0 Å². The summed E-state index contributed by atoms with van der Waals surface area (Å²) in [6.07, 6.45) is 5.83. The molecule has 3 heteroatoms. The molecule has 0 saturated carbocycles. The Morgan fingerprint density at radius 2 is 1.83 bits per heavy atom. The van der Waals surface area contributed by atoms with Crippen molar-refractivity contribution in [3.8, 4) is 0 Å². The molecule has 1 radical (unpaired) electrons. The molecule has 0 unspecified atom stereocenters. The van der Waals surface area contributed by atoms with E-state index in [1.807, 2.05) is 30.3 Å². The van der Waals surface area contributed by atoms with Gasteiger partial charge in [-0.25, -0.2) is 0 Å². The summed E-state index contributed by atoms with van der Waals surface area (Å²) in [5.41, 5.74) is 0. The molecule has 0 aliphatic rings. The Kier molecular flexibility index (Phi) is 8.29. The topological polar surface area (TPSA) is 28.7 Å². The largest absolute Gasteiger partial charge is 0.467 e. The molecule has 1 N–H and O–H groups in total. The summed E-state index contributed by atoms with van der Waals surface area (Å²) in [5, 5.41) is 0. The number of aromatic nitrogens is 2. The molecule has 0 fully saturated rings. The number of H-pyrrole nitrogens is 1. The molecule has 0 aliphatic heterocycles. The van der Waals surface area contributed by atoms with Crippen molar-refractivity contribution in [2.45, 2.75) is 0 Å². The number of hydrogen-bond donors (Lipinski definition) is 1. The molecule has 0 spiro atoms. The smallest absolute Gasteiger partial charge is 0 e. The van der Waals surface area contributed by atoms with Crippen LogP contribution in [-0.4, -0.2) is 9.97 Å². The van der Waals surface area contributed by atoms with Gasteiger partial charge < -0.3 is 9.97 Å². The van der Waals surface area contributed by atoms with Gasteiger partial charge in [0.2, 0.25) is 0 Å². The molecular formula is C9H8N2Y-2. The predicted molar refractivity (Wildman–Crippen MR) is 42.7 cm³/mol. The Morgan fingerprint density at radius 3 is 2.00 bits per heavy atom. The maximum Gasteiger partial charge on any atom is 0 e. The fraction of sp³-hybridized carbons (Fsp3) is 0. The van der Waals surface area contributed by atoms with Crippen molar-refractivity contribution in [2.24, 2.45) is 0 Å². The molecule has 1 aromatic heterocycles. The SMILES string of the molecule is [Y].[c-]1ccccc1.[c-]1ncc[nH]1. The average Bonchev–Trinajstić information content (AvgIpc) is 2.64. The number of nitrogens with one attached hydrogen (secondary N) is 1. The van der Waals surface area contributed by atoms with Crippen LogP contribution in [0.1, 0.15) is 0 Å². The first-order chi connectivity index (χ1) is 5.50. The van der Waals surface area contributed by atoms with Gasteiger partial charge in [0.15, 0.2) is 0 Å². The molecular weight excluding hydrogens is 225 g/mol. The number of hydrogen-bond acceptors (Lipinski definition) is 1. The van der Waals surface area contributed by atoms with Crippen molar-refractivity contribution in [1.82, 2.24) is 9.97 Å². The second-order valence-corrected chi connectivity index (χ2v) is 1.78. The standard InChI is InChI=1S/C6H5.C3H3N2.Y/c1-2-4-6-5-3-1;1-2-5-3-4-1;/h1-5H;1-2H,(H,4,5);/q2*-1;. The van der Waals surface area contributed by atoms with Crippen LogP contribution in [0, 0.1) is 12.4 Å². The van der Waals surface area contributed by atoms with Crippen LogP contribution in [0.15, 0.2) is 42.7 Å². The Balaban J connectivity index is 0.000000189. The monoisotopic (exact) mass is 233 g/mol. The first-order valence-electron chi connectivity index (χ1n) is 3.26. The van der Waals surface area contributed by atoms with E-state index in [1.165, 1.54) is 0 Å². The summed E-state index contributed by atoms with van der Waals surface area (Å²) in [6.45, 7) is 0. The van der Waals surface area contributed by atoms with Crippen molar-refractivity contribution < 1.29 is 32.7 Å². The van der Waals surface area contributed by atoms with E-state index in [1.54, 1.807) is 12.4 Å². The van der Waals surface area contributed by atoms with E-state index >= 15 is 0 Å². The zero-order chi connectivity index (χ0) is 7.78. The van der Waals surface area contributed by atoms with Crippen molar-refractivity contribution in [3.63, 3.8) is 0 Å². The van der Waals surface area contributed by atoms with Crippen molar-refractivity contribution >= 4 is 0 Å². The van der Waals surface area contributed by atoms with E-state index in [2.05, 4.69) is 22.4 Å². The average molecular weight is 233 g/mol. The van der Waals surface area contributed by atoms with Crippen molar-refractivity contribution in [2.75, 3.05) is 0 Å². The zero-order valence-electron chi connectivity index (χ0n) is 6.57. The van der Waals surface area contributed by atoms with Gasteiger partial charge in [0.1, 0.15) is 0 Å². The summed E-state index contributed by atoms with van der Waals surface area (Å²) >= 11 is 0. The van der Waals surface area contributed by atoms with Crippen LogP contribution < -0.4 is 0 Å². The molecule has 0 bridgehead atoms. The summed E-state index contributed by atoms with van der Waals surface area (Å²) in [6, 6.07) is 12.5. The number of nitrogens with zero attached hydrogens (tertiary/aromatic N) is 1. The normalized spacial score (nSPS) is 7.33. The zero-order valence-corrected chi connectivity index (χ0v) is 9.40. The molecule has 0 saturated heterocycles. The molecule has 2 aromatic rings. The van der Waals surface area contributed by atoms with E-state index in [4.69, 9.17) is 0 Å².